The number of aryl methyl sites for hydroxylation is 2. The summed E-state index contributed by atoms with van der Waals surface area (Å²) in [5.41, 5.74) is 9.03. The van der Waals surface area contributed by atoms with Crippen molar-refractivity contribution in [1.82, 2.24) is 15.1 Å². The molecule has 0 saturated carbocycles. The third-order valence-corrected chi connectivity index (χ3v) is 3.59. The molecule has 0 aliphatic heterocycles. The number of carbonyl (C=O) groups is 1. The van der Waals surface area contributed by atoms with Crippen LogP contribution in [0.15, 0.2) is 30.3 Å². The number of amides is 1. The lowest BCUT2D eigenvalue weighted by atomic mass is 10.0. The Labute approximate surface area is 131 Å². The maximum absolute atomic E-state index is 12.3. The SMILES string of the molecule is Cc1cc(C)n(Cc2cccc(C(=O)NC(C)(C)CN)c2)n1. The highest BCUT2D eigenvalue weighted by Gasteiger charge is 2.19. The minimum absolute atomic E-state index is 0.106. The fourth-order valence-corrected chi connectivity index (χ4v) is 2.25. The zero-order valence-corrected chi connectivity index (χ0v) is 13.7. The summed E-state index contributed by atoms with van der Waals surface area (Å²) in [6, 6.07) is 9.65. The first kappa shape index (κ1) is 16.2. The Kier molecular flexibility index (Phi) is 4.66. The predicted molar refractivity (Wildman–Crippen MR) is 87.8 cm³/mol. The van der Waals surface area contributed by atoms with Crippen molar-refractivity contribution in [2.75, 3.05) is 6.54 Å². The second-order valence-corrected chi connectivity index (χ2v) is 6.33. The van der Waals surface area contributed by atoms with Gasteiger partial charge < -0.3 is 11.1 Å². The molecule has 2 rings (SSSR count). The summed E-state index contributed by atoms with van der Waals surface area (Å²) in [5, 5.41) is 7.39. The van der Waals surface area contributed by atoms with E-state index in [1.54, 1.807) is 0 Å². The number of rotatable bonds is 5. The summed E-state index contributed by atoms with van der Waals surface area (Å²) in [7, 11) is 0. The maximum atomic E-state index is 12.3. The molecule has 0 aliphatic rings. The van der Waals surface area contributed by atoms with Crippen molar-refractivity contribution in [2.24, 2.45) is 5.73 Å². The first-order valence-corrected chi connectivity index (χ1v) is 7.43. The molecule has 1 amide bonds. The Morgan fingerprint density at radius 3 is 2.64 bits per heavy atom. The Morgan fingerprint density at radius 1 is 1.32 bits per heavy atom. The maximum Gasteiger partial charge on any atom is 0.251 e. The van der Waals surface area contributed by atoms with Gasteiger partial charge in [-0.15, -0.1) is 0 Å². The van der Waals surface area contributed by atoms with Gasteiger partial charge in [-0.3, -0.25) is 9.48 Å². The molecular weight excluding hydrogens is 276 g/mol. The van der Waals surface area contributed by atoms with Gasteiger partial charge in [0.2, 0.25) is 0 Å². The summed E-state index contributed by atoms with van der Waals surface area (Å²) >= 11 is 0. The van der Waals surface area contributed by atoms with Crippen molar-refractivity contribution in [1.29, 1.82) is 0 Å². The van der Waals surface area contributed by atoms with Crippen LogP contribution < -0.4 is 11.1 Å². The van der Waals surface area contributed by atoms with E-state index in [-0.39, 0.29) is 5.91 Å². The Morgan fingerprint density at radius 2 is 2.05 bits per heavy atom. The zero-order chi connectivity index (χ0) is 16.3. The lowest BCUT2D eigenvalue weighted by molar-refractivity contribution is 0.0915. The first-order chi connectivity index (χ1) is 10.3. The van der Waals surface area contributed by atoms with E-state index in [9.17, 15) is 4.79 Å². The molecular formula is C17H24N4O. The van der Waals surface area contributed by atoms with E-state index < -0.39 is 5.54 Å². The van der Waals surface area contributed by atoms with Crippen molar-refractivity contribution in [3.05, 3.63) is 52.8 Å². The van der Waals surface area contributed by atoms with E-state index in [0.717, 1.165) is 17.0 Å². The van der Waals surface area contributed by atoms with Crippen LogP contribution in [0, 0.1) is 13.8 Å². The van der Waals surface area contributed by atoms with Gasteiger partial charge in [-0.2, -0.15) is 5.10 Å². The van der Waals surface area contributed by atoms with Crippen LogP contribution in [0.1, 0.15) is 41.2 Å². The van der Waals surface area contributed by atoms with Crippen LogP contribution in [0.4, 0.5) is 0 Å². The van der Waals surface area contributed by atoms with Gasteiger partial charge in [-0.05, 0) is 51.5 Å². The van der Waals surface area contributed by atoms with E-state index in [0.29, 0.717) is 18.7 Å². The average molecular weight is 300 g/mol. The molecule has 0 saturated heterocycles. The van der Waals surface area contributed by atoms with Gasteiger partial charge in [-0.25, -0.2) is 0 Å². The minimum Gasteiger partial charge on any atom is -0.346 e. The fraction of sp³-hybridized carbons (Fsp3) is 0.412. The van der Waals surface area contributed by atoms with E-state index in [2.05, 4.69) is 10.4 Å². The number of nitrogens with one attached hydrogen (secondary N) is 1. The van der Waals surface area contributed by atoms with E-state index in [4.69, 9.17) is 5.73 Å². The molecule has 22 heavy (non-hydrogen) atoms. The van der Waals surface area contributed by atoms with Crippen LogP contribution in [0.5, 0.6) is 0 Å². The van der Waals surface area contributed by atoms with Crippen LogP contribution in [0.3, 0.4) is 0 Å². The second kappa shape index (κ2) is 6.32. The third kappa shape index (κ3) is 3.95. The second-order valence-electron chi connectivity index (χ2n) is 6.33. The quantitative estimate of drug-likeness (QED) is 0.887. The zero-order valence-electron chi connectivity index (χ0n) is 13.7. The van der Waals surface area contributed by atoms with Gasteiger partial charge in [-0.1, -0.05) is 12.1 Å². The Hall–Kier alpha value is -2.14. The summed E-state index contributed by atoms with van der Waals surface area (Å²) < 4.78 is 1.94. The van der Waals surface area contributed by atoms with Crippen molar-refractivity contribution in [3.8, 4) is 0 Å². The van der Waals surface area contributed by atoms with Crippen molar-refractivity contribution in [2.45, 2.75) is 39.8 Å². The van der Waals surface area contributed by atoms with E-state index >= 15 is 0 Å². The molecule has 0 atom stereocenters. The van der Waals surface area contributed by atoms with Gasteiger partial charge in [0, 0.05) is 23.3 Å². The lowest BCUT2D eigenvalue weighted by Gasteiger charge is -2.24. The molecule has 2 aromatic rings. The number of benzene rings is 1. The molecule has 5 heteroatoms. The lowest BCUT2D eigenvalue weighted by Crippen LogP contribution is -2.48. The predicted octanol–water partition coefficient (Wildman–Crippen LogP) is 2.02. The highest BCUT2D eigenvalue weighted by molar-refractivity contribution is 5.94. The number of hydrogen-bond acceptors (Lipinski definition) is 3. The van der Waals surface area contributed by atoms with Gasteiger partial charge >= 0.3 is 0 Å². The van der Waals surface area contributed by atoms with E-state index in [1.807, 2.05) is 62.7 Å². The highest BCUT2D eigenvalue weighted by Crippen LogP contribution is 2.11. The number of hydrogen-bond donors (Lipinski definition) is 2. The van der Waals surface area contributed by atoms with Crippen LogP contribution in [0.25, 0.3) is 0 Å². The van der Waals surface area contributed by atoms with Gasteiger partial charge in [0.15, 0.2) is 0 Å². The number of aromatic nitrogens is 2. The van der Waals surface area contributed by atoms with Crippen LogP contribution >= 0.6 is 0 Å². The summed E-state index contributed by atoms with van der Waals surface area (Å²) in [4.78, 5) is 12.3. The van der Waals surface area contributed by atoms with Gasteiger partial charge in [0.05, 0.1) is 12.2 Å². The molecule has 118 valence electrons. The summed E-state index contributed by atoms with van der Waals surface area (Å²) in [6.45, 7) is 8.86. The molecule has 1 aromatic heterocycles. The summed E-state index contributed by atoms with van der Waals surface area (Å²) in [6.07, 6.45) is 0. The molecule has 0 fully saturated rings. The minimum atomic E-state index is -0.414. The summed E-state index contributed by atoms with van der Waals surface area (Å²) in [5.74, 6) is -0.106. The molecule has 1 heterocycles. The monoisotopic (exact) mass is 300 g/mol. The molecule has 0 spiro atoms. The normalized spacial score (nSPS) is 11.5. The third-order valence-electron chi connectivity index (χ3n) is 3.59. The van der Waals surface area contributed by atoms with Gasteiger partial charge in [0.1, 0.15) is 0 Å². The smallest absolute Gasteiger partial charge is 0.251 e. The molecule has 0 bridgehead atoms. The van der Waals surface area contributed by atoms with Crippen molar-refractivity contribution in [3.63, 3.8) is 0 Å². The number of nitrogens with zero attached hydrogens (tertiary/aromatic N) is 2. The van der Waals surface area contributed by atoms with Crippen molar-refractivity contribution >= 4 is 5.91 Å². The fourth-order valence-electron chi connectivity index (χ4n) is 2.25. The Balaban J connectivity index is 2.16. The molecule has 0 aliphatic carbocycles. The van der Waals surface area contributed by atoms with E-state index in [1.165, 1.54) is 0 Å². The van der Waals surface area contributed by atoms with Crippen LogP contribution in [-0.4, -0.2) is 27.8 Å². The largest absolute Gasteiger partial charge is 0.346 e. The molecule has 0 unspecified atom stereocenters. The topological polar surface area (TPSA) is 72.9 Å². The van der Waals surface area contributed by atoms with Gasteiger partial charge in [0.25, 0.3) is 5.91 Å². The molecule has 3 N–H and O–H groups in total. The molecule has 0 radical (unpaired) electrons. The number of nitrogens with two attached hydrogens (primary N) is 1. The number of carbonyl (C=O) groups excluding carboxylic acids is 1. The Bertz CT molecular complexity index is 673. The standard InChI is InChI=1S/C17H24N4O/c1-12-8-13(2)21(20-12)10-14-6-5-7-15(9-14)16(22)19-17(3,4)11-18/h5-9H,10-11,18H2,1-4H3,(H,19,22). The highest BCUT2D eigenvalue weighted by atomic mass is 16.1. The van der Waals surface area contributed by atoms with Crippen molar-refractivity contribution < 1.29 is 4.79 Å². The van der Waals surface area contributed by atoms with Crippen LogP contribution in [0.2, 0.25) is 0 Å². The molecule has 5 nitrogen and oxygen atoms in total. The average Bonchev–Trinajstić information content (AvgIpc) is 2.77. The molecule has 1 aromatic carbocycles. The van der Waals surface area contributed by atoms with Crippen LogP contribution in [-0.2, 0) is 6.54 Å². The first-order valence-electron chi connectivity index (χ1n) is 7.43.